The maximum absolute atomic E-state index is 13.8. The molecule has 0 bridgehead atoms. The van der Waals surface area contributed by atoms with Gasteiger partial charge in [-0.2, -0.15) is 0 Å². The average molecular weight is 283 g/mol. The van der Waals surface area contributed by atoms with Gasteiger partial charge in [0.25, 0.3) is 5.56 Å². The predicted molar refractivity (Wildman–Crippen MR) is 61.9 cm³/mol. The van der Waals surface area contributed by atoms with Crippen LogP contribution < -0.4 is 5.56 Å². The van der Waals surface area contributed by atoms with Crippen LogP contribution in [0.2, 0.25) is 0 Å². The van der Waals surface area contributed by atoms with Crippen molar-refractivity contribution >= 4 is 26.8 Å². The van der Waals surface area contributed by atoms with Crippen molar-refractivity contribution < 1.29 is 4.39 Å². The van der Waals surface area contributed by atoms with Crippen molar-refractivity contribution in [2.45, 2.75) is 18.9 Å². The maximum Gasteiger partial charge on any atom is 0.264 e. The smallest absolute Gasteiger partial charge is 0.264 e. The van der Waals surface area contributed by atoms with Crippen molar-refractivity contribution in [3.8, 4) is 0 Å². The molecule has 82 valence electrons. The van der Waals surface area contributed by atoms with Gasteiger partial charge < -0.3 is 0 Å². The summed E-state index contributed by atoms with van der Waals surface area (Å²) in [5, 5.41) is 0.0729. The van der Waals surface area contributed by atoms with E-state index in [0.717, 1.165) is 12.8 Å². The van der Waals surface area contributed by atoms with Gasteiger partial charge in [-0.1, -0.05) is 0 Å². The molecule has 0 amide bonds. The zero-order valence-corrected chi connectivity index (χ0v) is 9.87. The highest BCUT2D eigenvalue weighted by molar-refractivity contribution is 9.10. The Balaban J connectivity index is 2.41. The van der Waals surface area contributed by atoms with E-state index in [0.29, 0.717) is 9.99 Å². The van der Waals surface area contributed by atoms with Crippen molar-refractivity contribution in [3.05, 3.63) is 39.1 Å². The van der Waals surface area contributed by atoms with E-state index in [9.17, 15) is 9.18 Å². The molecule has 0 N–H and O–H groups in total. The number of hydrogen-bond donors (Lipinski definition) is 0. The fourth-order valence-electron chi connectivity index (χ4n) is 1.77. The molecule has 1 saturated carbocycles. The van der Waals surface area contributed by atoms with Crippen molar-refractivity contribution in [2.24, 2.45) is 0 Å². The Hall–Kier alpha value is -1.23. The van der Waals surface area contributed by atoms with Crippen LogP contribution in [0.25, 0.3) is 10.9 Å². The normalized spacial score (nSPS) is 15.6. The minimum atomic E-state index is -0.523. The molecule has 3 nitrogen and oxygen atoms in total. The zero-order valence-electron chi connectivity index (χ0n) is 8.28. The van der Waals surface area contributed by atoms with E-state index in [1.807, 2.05) is 0 Å². The number of benzene rings is 1. The Morgan fingerprint density at radius 1 is 1.44 bits per heavy atom. The first-order chi connectivity index (χ1) is 7.68. The van der Waals surface area contributed by atoms with E-state index in [2.05, 4.69) is 20.9 Å². The molecule has 3 rings (SSSR count). The Labute approximate surface area is 99.0 Å². The number of halogens is 2. The molecule has 2 aromatic rings. The standard InChI is InChI=1S/C11H8BrFN2O/c12-7-3-4-8-9(10(7)13)11(16)15(5-14-8)6-1-2-6/h3-6H,1-2H2. The molecule has 0 saturated heterocycles. The lowest BCUT2D eigenvalue weighted by molar-refractivity contribution is 0.625. The molecule has 0 aliphatic heterocycles. The number of rotatable bonds is 1. The number of nitrogens with zero attached hydrogens (tertiary/aromatic N) is 2. The van der Waals surface area contributed by atoms with Gasteiger partial charge in [-0.05, 0) is 40.9 Å². The molecule has 1 fully saturated rings. The van der Waals surface area contributed by atoms with Crippen LogP contribution in [0, 0.1) is 5.82 Å². The second kappa shape index (κ2) is 3.38. The number of fused-ring (bicyclic) bond motifs is 1. The van der Waals surface area contributed by atoms with E-state index in [1.165, 1.54) is 10.9 Å². The highest BCUT2D eigenvalue weighted by Gasteiger charge is 2.26. The molecule has 1 aromatic carbocycles. The highest BCUT2D eigenvalue weighted by atomic mass is 79.9. The van der Waals surface area contributed by atoms with Crippen molar-refractivity contribution in [1.29, 1.82) is 0 Å². The molecule has 1 heterocycles. The average Bonchev–Trinajstić information content (AvgIpc) is 3.07. The van der Waals surface area contributed by atoms with E-state index in [4.69, 9.17) is 0 Å². The first-order valence-corrected chi connectivity index (χ1v) is 5.82. The van der Waals surface area contributed by atoms with Gasteiger partial charge in [-0.25, -0.2) is 9.37 Å². The molecule has 1 aliphatic rings. The van der Waals surface area contributed by atoms with Crippen LogP contribution in [0.15, 0.2) is 27.7 Å². The Bertz CT molecular complexity index is 634. The van der Waals surface area contributed by atoms with Crippen LogP contribution in [0.5, 0.6) is 0 Å². The van der Waals surface area contributed by atoms with Gasteiger partial charge in [-0.15, -0.1) is 0 Å². The summed E-state index contributed by atoms with van der Waals surface area (Å²) in [5.74, 6) is -0.523. The highest BCUT2D eigenvalue weighted by Crippen LogP contribution is 2.33. The van der Waals surface area contributed by atoms with Gasteiger partial charge in [0.15, 0.2) is 5.82 Å². The number of aromatic nitrogens is 2. The van der Waals surface area contributed by atoms with Crippen molar-refractivity contribution in [3.63, 3.8) is 0 Å². The Morgan fingerprint density at radius 2 is 2.19 bits per heavy atom. The second-order valence-electron chi connectivity index (χ2n) is 3.94. The third-order valence-electron chi connectivity index (χ3n) is 2.78. The van der Waals surface area contributed by atoms with Crippen molar-refractivity contribution in [1.82, 2.24) is 9.55 Å². The minimum Gasteiger partial charge on any atom is -0.296 e. The fourth-order valence-corrected chi connectivity index (χ4v) is 2.10. The van der Waals surface area contributed by atoms with Crippen LogP contribution >= 0.6 is 15.9 Å². The van der Waals surface area contributed by atoms with Gasteiger partial charge in [0.2, 0.25) is 0 Å². The first-order valence-electron chi connectivity index (χ1n) is 5.03. The molecule has 0 radical (unpaired) electrons. The van der Waals surface area contributed by atoms with Crippen LogP contribution in [0.3, 0.4) is 0 Å². The monoisotopic (exact) mass is 282 g/mol. The molecular formula is C11H8BrFN2O. The summed E-state index contributed by atoms with van der Waals surface area (Å²) in [7, 11) is 0. The maximum atomic E-state index is 13.8. The summed E-state index contributed by atoms with van der Waals surface area (Å²) >= 11 is 3.08. The van der Waals surface area contributed by atoms with Gasteiger partial charge in [0, 0.05) is 6.04 Å². The molecular weight excluding hydrogens is 275 g/mol. The summed E-state index contributed by atoms with van der Waals surface area (Å²) in [6.07, 6.45) is 3.46. The summed E-state index contributed by atoms with van der Waals surface area (Å²) in [5.41, 5.74) is 0.119. The molecule has 5 heteroatoms. The fraction of sp³-hybridized carbons (Fsp3) is 0.273. The topological polar surface area (TPSA) is 34.9 Å². The van der Waals surface area contributed by atoms with Gasteiger partial charge >= 0.3 is 0 Å². The van der Waals surface area contributed by atoms with E-state index in [-0.39, 0.29) is 17.0 Å². The second-order valence-corrected chi connectivity index (χ2v) is 4.80. The third kappa shape index (κ3) is 1.38. The first kappa shape index (κ1) is 9.96. The lowest BCUT2D eigenvalue weighted by atomic mass is 10.2. The lowest BCUT2D eigenvalue weighted by Gasteiger charge is -2.05. The largest absolute Gasteiger partial charge is 0.296 e. The number of hydrogen-bond acceptors (Lipinski definition) is 2. The minimum absolute atomic E-state index is 0.0729. The van der Waals surface area contributed by atoms with Crippen LogP contribution in [0.1, 0.15) is 18.9 Å². The van der Waals surface area contributed by atoms with E-state index in [1.54, 1.807) is 12.1 Å². The van der Waals surface area contributed by atoms with Crippen LogP contribution in [0.4, 0.5) is 4.39 Å². The molecule has 1 aliphatic carbocycles. The predicted octanol–water partition coefficient (Wildman–Crippen LogP) is 2.63. The van der Waals surface area contributed by atoms with Gasteiger partial charge in [0.1, 0.15) is 5.39 Å². The molecule has 1 aromatic heterocycles. The Kier molecular flexibility index (Phi) is 2.10. The molecule has 0 spiro atoms. The van der Waals surface area contributed by atoms with Crippen molar-refractivity contribution in [2.75, 3.05) is 0 Å². The van der Waals surface area contributed by atoms with Gasteiger partial charge in [-0.3, -0.25) is 9.36 Å². The summed E-state index contributed by atoms with van der Waals surface area (Å²) < 4.78 is 15.6. The summed E-state index contributed by atoms with van der Waals surface area (Å²) in [6.45, 7) is 0. The summed E-state index contributed by atoms with van der Waals surface area (Å²) in [4.78, 5) is 16.2. The zero-order chi connectivity index (χ0) is 11.3. The summed E-state index contributed by atoms with van der Waals surface area (Å²) in [6, 6.07) is 3.41. The lowest BCUT2D eigenvalue weighted by Crippen LogP contribution is -2.20. The molecule has 0 unspecified atom stereocenters. The quantitative estimate of drug-likeness (QED) is 0.806. The van der Waals surface area contributed by atoms with Crippen LogP contribution in [-0.2, 0) is 0 Å². The molecule has 16 heavy (non-hydrogen) atoms. The van der Waals surface area contributed by atoms with E-state index < -0.39 is 5.82 Å². The van der Waals surface area contributed by atoms with Crippen LogP contribution in [-0.4, -0.2) is 9.55 Å². The third-order valence-corrected chi connectivity index (χ3v) is 3.40. The molecule has 0 atom stereocenters. The Morgan fingerprint density at radius 3 is 2.88 bits per heavy atom. The SMILES string of the molecule is O=c1c2c(F)c(Br)ccc2ncn1C1CC1. The van der Waals surface area contributed by atoms with E-state index >= 15 is 0 Å². The van der Waals surface area contributed by atoms with Gasteiger partial charge in [0.05, 0.1) is 16.3 Å².